The molecule has 3 heterocycles. The summed E-state index contributed by atoms with van der Waals surface area (Å²) in [5, 5.41) is 7.98. The van der Waals surface area contributed by atoms with Gasteiger partial charge in [-0.2, -0.15) is 0 Å². The third kappa shape index (κ3) is 4.14. The fraction of sp³-hybridized carbons (Fsp3) is 0.571. The van der Waals surface area contributed by atoms with Crippen LogP contribution in [0.1, 0.15) is 24.8 Å². The predicted octanol–water partition coefficient (Wildman–Crippen LogP) is 3.55. The molecular weight excluding hydrogens is 378 g/mol. The number of anilines is 1. The van der Waals surface area contributed by atoms with Gasteiger partial charge in [-0.25, -0.2) is 4.98 Å². The Bertz CT molecular complexity index is 824. The molecule has 28 heavy (non-hydrogen) atoms. The number of aromatic nitrogens is 1. The van der Waals surface area contributed by atoms with E-state index in [9.17, 15) is 0 Å². The monoisotopic (exact) mass is 407 g/mol. The molecule has 1 unspecified atom stereocenters. The fourth-order valence-corrected chi connectivity index (χ4v) is 4.35. The van der Waals surface area contributed by atoms with Crippen LogP contribution < -0.4 is 20.1 Å². The van der Waals surface area contributed by atoms with Crippen molar-refractivity contribution in [1.82, 2.24) is 10.3 Å². The molecule has 6 nitrogen and oxygen atoms in total. The Morgan fingerprint density at radius 2 is 2.00 bits per heavy atom. The molecule has 2 fully saturated rings. The van der Waals surface area contributed by atoms with Crippen LogP contribution in [0.3, 0.4) is 0 Å². The van der Waals surface area contributed by atoms with Gasteiger partial charge in [0.05, 0.1) is 26.9 Å². The largest absolute Gasteiger partial charge is 0.497 e. The lowest BCUT2D eigenvalue weighted by Gasteiger charge is -2.32. The van der Waals surface area contributed by atoms with E-state index >= 15 is 0 Å². The molecule has 2 N–H and O–H groups in total. The minimum Gasteiger partial charge on any atom is -0.497 e. The van der Waals surface area contributed by atoms with Crippen molar-refractivity contribution in [3.63, 3.8) is 0 Å². The quantitative estimate of drug-likeness (QED) is 0.790. The van der Waals surface area contributed by atoms with E-state index in [0.29, 0.717) is 5.41 Å². The summed E-state index contributed by atoms with van der Waals surface area (Å²) in [6.45, 7) is 5.98. The summed E-state index contributed by atoms with van der Waals surface area (Å²) >= 11 is 0. The number of fused-ring (bicyclic) bond motifs is 1. The summed E-state index contributed by atoms with van der Waals surface area (Å²) in [4.78, 5) is 4.79. The number of ether oxygens (including phenoxy) is 3. The van der Waals surface area contributed by atoms with Gasteiger partial charge in [-0.15, -0.1) is 12.4 Å². The highest BCUT2D eigenvalue weighted by Gasteiger charge is 2.40. The Labute approximate surface area is 172 Å². The lowest BCUT2D eigenvalue weighted by Crippen LogP contribution is -2.37. The summed E-state index contributed by atoms with van der Waals surface area (Å²) in [7, 11) is 3.33. The van der Waals surface area contributed by atoms with Crippen LogP contribution in [0.2, 0.25) is 0 Å². The molecule has 0 radical (unpaired) electrons. The molecule has 7 heteroatoms. The normalized spacial score (nSPS) is 20.8. The van der Waals surface area contributed by atoms with Crippen molar-refractivity contribution in [3.05, 3.63) is 23.8 Å². The van der Waals surface area contributed by atoms with Gasteiger partial charge in [0.1, 0.15) is 22.8 Å². The molecule has 2 aliphatic heterocycles. The van der Waals surface area contributed by atoms with Crippen molar-refractivity contribution in [2.75, 3.05) is 45.8 Å². The Kier molecular flexibility index (Phi) is 6.53. The maximum Gasteiger partial charge on any atom is 0.148 e. The van der Waals surface area contributed by atoms with Gasteiger partial charge < -0.3 is 24.8 Å². The van der Waals surface area contributed by atoms with Gasteiger partial charge in [-0.05, 0) is 62.4 Å². The molecule has 1 aromatic heterocycles. The van der Waals surface area contributed by atoms with E-state index in [4.69, 9.17) is 19.2 Å². The molecule has 2 saturated heterocycles. The van der Waals surface area contributed by atoms with E-state index in [-0.39, 0.29) is 18.5 Å². The van der Waals surface area contributed by atoms with Gasteiger partial charge in [0.2, 0.25) is 0 Å². The van der Waals surface area contributed by atoms with Gasteiger partial charge >= 0.3 is 0 Å². The van der Waals surface area contributed by atoms with Crippen molar-refractivity contribution in [3.8, 4) is 11.5 Å². The summed E-state index contributed by atoms with van der Waals surface area (Å²) in [6.07, 6.45) is 3.82. The minimum atomic E-state index is 0. The predicted molar refractivity (Wildman–Crippen MR) is 114 cm³/mol. The van der Waals surface area contributed by atoms with Crippen LogP contribution in [0.5, 0.6) is 11.5 Å². The van der Waals surface area contributed by atoms with E-state index in [2.05, 4.69) is 23.6 Å². The van der Waals surface area contributed by atoms with Crippen LogP contribution in [-0.2, 0) is 4.74 Å². The summed E-state index contributed by atoms with van der Waals surface area (Å²) < 4.78 is 17.0. The fourth-order valence-electron chi connectivity index (χ4n) is 4.35. The smallest absolute Gasteiger partial charge is 0.148 e. The van der Waals surface area contributed by atoms with E-state index in [1.54, 1.807) is 14.2 Å². The Morgan fingerprint density at radius 3 is 2.71 bits per heavy atom. The minimum absolute atomic E-state index is 0. The maximum absolute atomic E-state index is 6.10. The molecule has 4 rings (SSSR count). The van der Waals surface area contributed by atoms with Crippen LogP contribution in [0.25, 0.3) is 10.9 Å². The number of pyridine rings is 1. The third-order valence-electron chi connectivity index (χ3n) is 5.98. The first-order valence-electron chi connectivity index (χ1n) is 9.72. The lowest BCUT2D eigenvalue weighted by atomic mass is 9.77. The lowest BCUT2D eigenvalue weighted by molar-refractivity contribution is 0.0924. The number of methoxy groups -OCH3 is 2. The second kappa shape index (κ2) is 8.72. The number of benzene rings is 1. The molecule has 2 aliphatic rings. The molecule has 0 bridgehead atoms. The zero-order chi connectivity index (χ0) is 18.9. The van der Waals surface area contributed by atoms with Crippen molar-refractivity contribution in [1.29, 1.82) is 0 Å². The number of hydrogen-bond acceptors (Lipinski definition) is 6. The Morgan fingerprint density at radius 1 is 1.21 bits per heavy atom. The second-order valence-corrected chi connectivity index (χ2v) is 7.82. The van der Waals surface area contributed by atoms with Crippen LogP contribution in [0.4, 0.5) is 5.82 Å². The van der Waals surface area contributed by atoms with Crippen molar-refractivity contribution < 1.29 is 14.2 Å². The zero-order valence-electron chi connectivity index (χ0n) is 16.8. The zero-order valence-corrected chi connectivity index (χ0v) is 17.7. The van der Waals surface area contributed by atoms with E-state index < -0.39 is 0 Å². The van der Waals surface area contributed by atoms with Gasteiger partial charge in [-0.3, -0.25) is 0 Å². The van der Waals surface area contributed by atoms with Gasteiger partial charge in [0.25, 0.3) is 0 Å². The Hall–Kier alpha value is -1.76. The second-order valence-electron chi connectivity index (χ2n) is 7.82. The highest BCUT2D eigenvalue weighted by Crippen LogP contribution is 2.40. The molecule has 0 saturated carbocycles. The first kappa shape index (κ1) is 21.0. The average molecular weight is 408 g/mol. The molecule has 1 aromatic carbocycles. The van der Waals surface area contributed by atoms with Gasteiger partial charge in [-0.1, -0.05) is 0 Å². The van der Waals surface area contributed by atoms with Crippen molar-refractivity contribution >= 4 is 29.1 Å². The van der Waals surface area contributed by atoms with Crippen molar-refractivity contribution in [2.24, 2.45) is 5.41 Å². The first-order chi connectivity index (χ1) is 13.1. The van der Waals surface area contributed by atoms with Crippen LogP contribution in [0, 0.1) is 12.3 Å². The van der Waals surface area contributed by atoms with Crippen LogP contribution in [-0.4, -0.2) is 51.5 Å². The SMILES string of the molecule is COc1cc(OC)c2nc(NCC3CC4(CCNCC4)CO3)cc(C)c2c1.Cl. The average Bonchev–Trinajstić information content (AvgIpc) is 3.08. The number of aryl methyl sites for hydroxylation is 1. The summed E-state index contributed by atoms with van der Waals surface area (Å²) in [6, 6.07) is 5.96. The van der Waals surface area contributed by atoms with Crippen molar-refractivity contribution in [2.45, 2.75) is 32.3 Å². The Balaban J connectivity index is 0.00000225. The summed E-state index contributed by atoms with van der Waals surface area (Å²) in [5.74, 6) is 2.36. The van der Waals surface area contributed by atoms with Crippen LogP contribution >= 0.6 is 12.4 Å². The first-order valence-corrected chi connectivity index (χ1v) is 9.72. The number of hydrogen-bond donors (Lipinski definition) is 2. The molecule has 1 atom stereocenters. The van der Waals surface area contributed by atoms with E-state index in [0.717, 1.165) is 66.4 Å². The van der Waals surface area contributed by atoms with Gasteiger partial charge in [0, 0.05) is 18.0 Å². The number of rotatable bonds is 5. The third-order valence-corrected chi connectivity index (χ3v) is 5.98. The maximum atomic E-state index is 6.10. The number of nitrogens with one attached hydrogen (secondary N) is 2. The van der Waals surface area contributed by atoms with Gasteiger partial charge in [0.15, 0.2) is 0 Å². The topological polar surface area (TPSA) is 64.6 Å². The summed E-state index contributed by atoms with van der Waals surface area (Å²) in [5.41, 5.74) is 2.37. The van der Waals surface area contributed by atoms with E-state index in [1.807, 2.05) is 12.1 Å². The molecular formula is C21H30ClN3O3. The number of piperidine rings is 1. The molecule has 2 aromatic rings. The molecule has 0 aliphatic carbocycles. The standard InChI is InChI=1S/C21H29N3O3.ClH/c1-14-8-19(24-20-17(14)9-15(25-2)10-18(20)26-3)23-12-16-11-21(13-27-16)4-6-22-7-5-21;/h8-10,16,22H,4-7,11-13H2,1-3H3,(H,23,24);1H. The van der Waals surface area contributed by atoms with E-state index in [1.165, 1.54) is 12.8 Å². The van der Waals surface area contributed by atoms with Crippen LogP contribution in [0.15, 0.2) is 18.2 Å². The number of halogens is 1. The highest BCUT2D eigenvalue weighted by molar-refractivity contribution is 5.90. The molecule has 0 amide bonds. The highest BCUT2D eigenvalue weighted by atomic mass is 35.5. The molecule has 154 valence electrons. The molecule has 1 spiro atoms. The number of nitrogens with zero attached hydrogens (tertiary/aromatic N) is 1.